The summed E-state index contributed by atoms with van der Waals surface area (Å²) >= 11 is 0. The molecule has 1 saturated heterocycles. The van der Waals surface area contributed by atoms with E-state index in [0.29, 0.717) is 5.82 Å². The third-order valence-electron chi connectivity index (χ3n) is 2.35. The molecule has 1 aliphatic heterocycles. The number of nitrogens with zero attached hydrogens (tertiary/aromatic N) is 2. The van der Waals surface area contributed by atoms with E-state index in [1.165, 1.54) is 0 Å². The molecule has 1 rings (SSSR count). The maximum Gasteiger partial charge on any atom is 0.0952 e. The van der Waals surface area contributed by atoms with Gasteiger partial charge in [0.15, 0.2) is 0 Å². The lowest BCUT2D eigenvalue weighted by Gasteiger charge is -2.29. The number of ether oxygens (including phenoxy) is 1. The Morgan fingerprint density at radius 2 is 2.14 bits per heavy atom. The van der Waals surface area contributed by atoms with Crippen molar-refractivity contribution in [3.63, 3.8) is 0 Å². The van der Waals surface area contributed by atoms with Crippen LogP contribution in [0.5, 0.6) is 0 Å². The molecule has 2 N–H and O–H groups in total. The molecule has 0 saturated carbocycles. The van der Waals surface area contributed by atoms with Crippen molar-refractivity contribution in [1.82, 2.24) is 9.80 Å². The predicted octanol–water partition coefficient (Wildman–Crippen LogP) is 0.194. The highest BCUT2D eigenvalue weighted by atomic mass is 16.5. The Labute approximate surface area is 85.6 Å². The van der Waals surface area contributed by atoms with E-state index in [4.69, 9.17) is 10.5 Å². The van der Waals surface area contributed by atoms with Crippen molar-refractivity contribution in [3.8, 4) is 0 Å². The molecule has 0 aromatic heterocycles. The van der Waals surface area contributed by atoms with Crippen LogP contribution in [0.1, 0.15) is 0 Å². The first kappa shape index (κ1) is 11.1. The van der Waals surface area contributed by atoms with Crippen molar-refractivity contribution in [2.24, 2.45) is 5.73 Å². The molecular formula is C10H19N3O. The van der Waals surface area contributed by atoms with Gasteiger partial charge in [-0.25, -0.2) is 0 Å². The molecule has 4 nitrogen and oxygen atoms in total. The Morgan fingerprint density at radius 1 is 1.50 bits per heavy atom. The van der Waals surface area contributed by atoms with E-state index < -0.39 is 0 Å². The number of rotatable bonds is 5. The van der Waals surface area contributed by atoms with Crippen LogP contribution in [0.15, 0.2) is 25.2 Å². The van der Waals surface area contributed by atoms with Gasteiger partial charge in [0.05, 0.1) is 19.0 Å². The lowest BCUT2D eigenvalue weighted by Crippen LogP contribution is -2.40. The van der Waals surface area contributed by atoms with E-state index in [1.54, 1.807) is 6.20 Å². The van der Waals surface area contributed by atoms with Gasteiger partial charge in [-0.1, -0.05) is 13.2 Å². The molecule has 0 aromatic carbocycles. The van der Waals surface area contributed by atoms with Gasteiger partial charge in [0.2, 0.25) is 0 Å². The molecule has 1 heterocycles. The highest BCUT2D eigenvalue weighted by molar-refractivity contribution is 4.92. The van der Waals surface area contributed by atoms with Gasteiger partial charge in [-0.3, -0.25) is 4.90 Å². The Hall–Kier alpha value is -1.00. The number of hydrogen-bond donors (Lipinski definition) is 1. The fourth-order valence-electron chi connectivity index (χ4n) is 1.43. The van der Waals surface area contributed by atoms with Gasteiger partial charge in [0.1, 0.15) is 0 Å². The SMILES string of the molecule is C=CN(CCN1CCOCC1)C(=C)N. The highest BCUT2D eigenvalue weighted by Gasteiger charge is 2.10. The largest absolute Gasteiger partial charge is 0.386 e. The summed E-state index contributed by atoms with van der Waals surface area (Å²) in [4.78, 5) is 4.21. The van der Waals surface area contributed by atoms with Crippen molar-refractivity contribution >= 4 is 0 Å². The van der Waals surface area contributed by atoms with E-state index in [9.17, 15) is 0 Å². The first-order valence-corrected chi connectivity index (χ1v) is 4.87. The molecule has 0 unspecified atom stereocenters. The zero-order valence-electron chi connectivity index (χ0n) is 8.61. The van der Waals surface area contributed by atoms with E-state index in [-0.39, 0.29) is 0 Å². The second-order valence-corrected chi connectivity index (χ2v) is 3.32. The Bertz CT molecular complexity index is 200. The minimum atomic E-state index is 0.549. The van der Waals surface area contributed by atoms with Crippen LogP contribution >= 0.6 is 0 Å². The smallest absolute Gasteiger partial charge is 0.0952 e. The van der Waals surface area contributed by atoms with Crippen LogP contribution < -0.4 is 5.73 Å². The first-order valence-electron chi connectivity index (χ1n) is 4.87. The Kier molecular flexibility index (Phi) is 4.49. The topological polar surface area (TPSA) is 41.7 Å². The van der Waals surface area contributed by atoms with Crippen molar-refractivity contribution in [1.29, 1.82) is 0 Å². The van der Waals surface area contributed by atoms with Crippen molar-refractivity contribution in [2.45, 2.75) is 0 Å². The molecule has 0 radical (unpaired) electrons. The summed E-state index contributed by atoms with van der Waals surface area (Å²) in [7, 11) is 0. The molecule has 0 spiro atoms. The second kappa shape index (κ2) is 5.67. The minimum absolute atomic E-state index is 0.549. The van der Waals surface area contributed by atoms with Crippen LogP contribution in [0.25, 0.3) is 0 Å². The molecule has 1 aliphatic rings. The molecule has 0 bridgehead atoms. The molecular weight excluding hydrogens is 178 g/mol. The van der Waals surface area contributed by atoms with E-state index in [2.05, 4.69) is 18.1 Å². The molecule has 0 atom stereocenters. The molecule has 14 heavy (non-hydrogen) atoms. The van der Waals surface area contributed by atoms with Crippen LogP contribution in [-0.2, 0) is 4.74 Å². The zero-order chi connectivity index (χ0) is 10.4. The van der Waals surface area contributed by atoms with Crippen LogP contribution in [0.3, 0.4) is 0 Å². The fraction of sp³-hybridized carbons (Fsp3) is 0.600. The van der Waals surface area contributed by atoms with Crippen molar-refractivity contribution < 1.29 is 4.74 Å². The van der Waals surface area contributed by atoms with Crippen LogP contribution in [0, 0.1) is 0 Å². The maximum atomic E-state index is 5.58. The van der Waals surface area contributed by atoms with Crippen LogP contribution in [-0.4, -0.2) is 49.2 Å². The van der Waals surface area contributed by atoms with Gasteiger partial charge < -0.3 is 15.4 Å². The predicted molar refractivity (Wildman–Crippen MR) is 57.5 cm³/mol. The molecule has 0 aliphatic carbocycles. The molecule has 1 fully saturated rings. The van der Waals surface area contributed by atoms with E-state index in [1.807, 2.05) is 4.90 Å². The summed E-state index contributed by atoms with van der Waals surface area (Å²) in [6.45, 7) is 12.9. The second-order valence-electron chi connectivity index (χ2n) is 3.32. The van der Waals surface area contributed by atoms with Crippen LogP contribution in [0.2, 0.25) is 0 Å². The molecule has 0 amide bonds. The summed E-state index contributed by atoms with van der Waals surface area (Å²) in [5.74, 6) is 0.549. The van der Waals surface area contributed by atoms with Gasteiger partial charge in [-0.05, 0) is 6.20 Å². The Balaban J connectivity index is 2.23. The first-order chi connectivity index (χ1) is 6.74. The average molecular weight is 197 g/mol. The molecule has 0 aromatic rings. The normalized spacial score (nSPS) is 17.7. The van der Waals surface area contributed by atoms with Gasteiger partial charge in [-0.15, -0.1) is 0 Å². The summed E-state index contributed by atoms with van der Waals surface area (Å²) in [5, 5.41) is 0. The van der Waals surface area contributed by atoms with Gasteiger partial charge in [0, 0.05) is 26.2 Å². The van der Waals surface area contributed by atoms with E-state index >= 15 is 0 Å². The van der Waals surface area contributed by atoms with Gasteiger partial charge >= 0.3 is 0 Å². The summed E-state index contributed by atoms with van der Waals surface area (Å²) in [6, 6.07) is 0. The zero-order valence-corrected chi connectivity index (χ0v) is 8.61. The van der Waals surface area contributed by atoms with E-state index in [0.717, 1.165) is 39.4 Å². The van der Waals surface area contributed by atoms with Gasteiger partial charge in [-0.2, -0.15) is 0 Å². The number of hydrogen-bond acceptors (Lipinski definition) is 4. The molecule has 80 valence electrons. The maximum absolute atomic E-state index is 5.58. The minimum Gasteiger partial charge on any atom is -0.386 e. The van der Waals surface area contributed by atoms with Gasteiger partial charge in [0.25, 0.3) is 0 Å². The monoisotopic (exact) mass is 197 g/mol. The summed E-state index contributed by atoms with van der Waals surface area (Å²) in [6.07, 6.45) is 1.71. The quantitative estimate of drug-likeness (QED) is 0.683. The highest BCUT2D eigenvalue weighted by Crippen LogP contribution is 1.99. The van der Waals surface area contributed by atoms with Crippen LogP contribution in [0.4, 0.5) is 0 Å². The third kappa shape index (κ3) is 3.40. The fourth-order valence-corrected chi connectivity index (χ4v) is 1.43. The van der Waals surface area contributed by atoms with Crippen molar-refractivity contribution in [2.75, 3.05) is 39.4 Å². The number of nitrogens with two attached hydrogens (primary N) is 1. The van der Waals surface area contributed by atoms with Crippen molar-refractivity contribution in [3.05, 3.63) is 25.2 Å². The number of morpholine rings is 1. The third-order valence-corrected chi connectivity index (χ3v) is 2.35. The molecule has 4 heteroatoms. The standard InChI is InChI=1S/C10H19N3O/c1-3-13(10(2)11)5-4-12-6-8-14-9-7-12/h3H,1-2,4-9,11H2. The summed E-state index contributed by atoms with van der Waals surface area (Å²) in [5.41, 5.74) is 5.58. The average Bonchev–Trinajstić information content (AvgIpc) is 2.20. The lowest BCUT2D eigenvalue weighted by atomic mass is 10.4. The Morgan fingerprint density at radius 3 is 2.64 bits per heavy atom. The lowest BCUT2D eigenvalue weighted by molar-refractivity contribution is 0.0361. The summed E-state index contributed by atoms with van der Waals surface area (Å²) < 4.78 is 5.26.